The molecule has 0 fully saturated rings. The molecule has 2 heteroatoms. The lowest BCUT2D eigenvalue weighted by atomic mass is 9.89. The Morgan fingerprint density at radius 3 is 2.19 bits per heavy atom. The first-order valence-electron chi connectivity index (χ1n) is 8.52. The molecule has 0 N–H and O–H groups in total. The van der Waals surface area contributed by atoms with E-state index in [4.69, 9.17) is 0 Å². The average molecular weight is 340 g/mol. The smallest absolute Gasteiger partial charge is 0.194 e. The van der Waals surface area contributed by atoms with Crippen LogP contribution < -0.4 is 0 Å². The number of benzene rings is 4. The Hall–Kier alpha value is -3.26. The molecule has 0 bridgehead atoms. The van der Waals surface area contributed by atoms with E-state index in [-0.39, 0.29) is 11.6 Å². The Balaban J connectivity index is 1.98. The van der Waals surface area contributed by atoms with Gasteiger partial charge in [0, 0.05) is 11.1 Å². The summed E-state index contributed by atoms with van der Waals surface area (Å²) in [6.07, 6.45) is 0. The first-order chi connectivity index (χ1) is 12.6. The second-order valence-corrected chi connectivity index (χ2v) is 6.41. The van der Waals surface area contributed by atoms with Crippen LogP contribution >= 0.6 is 0 Å². The maximum Gasteiger partial charge on any atom is 0.194 e. The van der Waals surface area contributed by atoms with Crippen molar-refractivity contribution in [3.8, 4) is 11.1 Å². The molecule has 4 aromatic rings. The highest BCUT2D eigenvalue weighted by Gasteiger charge is 2.18. The summed E-state index contributed by atoms with van der Waals surface area (Å²) in [6, 6.07) is 25.7. The number of hydrogen-bond acceptors (Lipinski definition) is 1. The Kier molecular flexibility index (Phi) is 4.10. The molecule has 0 saturated heterocycles. The first-order valence-corrected chi connectivity index (χ1v) is 8.52. The monoisotopic (exact) mass is 340 g/mol. The molecule has 0 saturated carbocycles. The topological polar surface area (TPSA) is 17.1 Å². The number of fused-ring (bicyclic) bond motifs is 1. The van der Waals surface area contributed by atoms with Crippen LogP contribution in [-0.2, 0) is 0 Å². The molecular formula is C24H17FO. The van der Waals surface area contributed by atoms with E-state index in [9.17, 15) is 9.18 Å². The minimum absolute atomic E-state index is 0.0267. The normalized spacial score (nSPS) is 10.8. The Labute approximate surface area is 151 Å². The third-order valence-electron chi connectivity index (χ3n) is 4.63. The highest BCUT2D eigenvalue weighted by atomic mass is 19.1. The summed E-state index contributed by atoms with van der Waals surface area (Å²) < 4.78 is 13.4. The molecule has 4 aromatic carbocycles. The van der Waals surface area contributed by atoms with Gasteiger partial charge in [-0.2, -0.15) is 0 Å². The molecule has 0 aliphatic rings. The van der Waals surface area contributed by atoms with Crippen molar-refractivity contribution in [1.82, 2.24) is 0 Å². The van der Waals surface area contributed by atoms with Crippen molar-refractivity contribution in [2.45, 2.75) is 6.92 Å². The van der Waals surface area contributed by atoms with Gasteiger partial charge in [0.25, 0.3) is 0 Å². The summed E-state index contributed by atoms with van der Waals surface area (Å²) in [4.78, 5) is 13.4. The lowest BCUT2D eigenvalue weighted by molar-refractivity contribution is 0.104. The van der Waals surface area contributed by atoms with Crippen LogP contribution in [0.3, 0.4) is 0 Å². The van der Waals surface area contributed by atoms with Gasteiger partial charge in [-0.3, -0.25) is 4.79 Å². The van der Waals surface area contributed by atoms with Crippen LogP contribution in [0.2, 0.25) is 0 Å². The van der Waals surface area contributed by atoms with Gasteiger partial charge in [0.05, 0.1) is 0 Å². The van der Waals surface area contributed by atoms with Crippen molar-refractivity contribution in [1.29, 1.82) is 0 Å². The zero-order valence-electron chi connectivity index (χ0n) is 14.4. The van der Waals surface area contributed by atoms with Crippen molar-refractivity contribution < 1.29 is 9.18 Å². The first kappa shape index (κ1) is 16.2. The van der Waals surface area contributed by atoms with E-state index >= 15 is 0 Å². The number of ketones is 1. The van der Waals surface area contributed by atoms with Crippen LogP contribution in [0.25, 0.3) is 21.9 Å². The fourth-order valence-corrected chi connectivity index (χ4v) is 3.24. The lowest BCUT2D eigenvalue weighted by Crippen LogP contribution is -2.05. The number of rotatable bonds is 3. The van der Waals surface area contributed by atoms with Gasteiger partial charge in [0.2, 0.25) is 0 Å². The van der Waals surface area contributed by atoms with E-state index in [1.54, 1.807) is 12.1 Å². The molecule has 1 nitrogen and oxygen atoms in total. The van der Waals surface area contributed by atoms with Crippen LogP contribution in [0.4, 0.5) is 4.39 Å². The molecule has 0 atom stereocenters. The predicted octanol–water partition coefficient (Wildman–Crippen LogP) is 6.19. The largest absolute Gasteiger partial charge is 0.289 e. The van der Waals surface area contributed by atoms with E-state index < -0.39 is 0 Å². The minimum Gasteiger partial charge on any atom is -0.289 e. The molecule has 0 aliphatic carbocycles. The summed E-state index contributed by atoms with van der Waals surface area (Å²) in [6.45, 7) is 2.00. The Bertz CT molecular complexity index is 1090. The molecule has 0 amide bonds. The van der Waals surface area contributed by atoms with Crippen LogP contribution in [0, 0.1) is 12.7 Å². The van der Waals surface area contributed by atoms with Crippen LogP contribution in [0.15, 0.2) is 84.9 Å². The highest BCUT2D eigenvalue weighted by molar-refractivity contribution is 6.20. The van der Waals surface area contributed by atoms with Crippen LogP contribution in [-0.4, -0.2) is 5.78 Å². The number of carbonyl (C=O) groups excluding carboxylic acids is 1. The van der Waals surface area contributed by atoms with E-state index in [1.165, 1.54) is 12.1 Å². The van der Waals surface area contributed by atoms with Crippen LogP contribution in [0.1, 0.15) is 21.5 Å². The quantitative estimate of drug-likeness (QED) is 0.407. The van der Waals surface area contributed by atoms with Gasteiger partial charge in [-0.05, 0) is 41.0 Å². The van der Waals surface area contributed by atoms with E-state index in [0.29, 0.717) is 11.1 Å². The number of hydrogen-bond donors (Lipinski definition) is 0. The molecular weight excluding hydrogens is 323 g/mol. The molecule has 0 aliphatic heterocycles. The molecule has 26 heavy (non-hydrogen) atoms. The van der Waals surface area contributed by atoms with Gasteiger partial charge in [-0.1, -0.05) is 78.4 Å². The SMILES string of the molecule is Cc1ccc(C(=O)c2c(-c3ccc(F)cc3)ccc3ccccc23)cc1. The summed E-state index contributed by atoms with van der Waals surface area (Å²) in [5, 5.41) is 1.91. The maximum atomic E-state index is 13.4. The highest BCUT2D eigenvalue weighted by Crippen LogP contribution is 2.32. The van der Waals surface area contributed by atoms with Crippen molar-refractivity contribution in [3.05, 3.63) is 107 Å². The summed E-state index contributed by atoms with van der Waals surface area (Å²) in [7, 11) is 0. The second kappa shape index (κ2) is 6.57. The van der Waals surface area contributed by atoms with E-state index in [1.807, 2.05) is 67.6 Å². The van der Waals surface area contributed by atoms with Gasteiger partial charge in [0.1, 0.15) is 5.82 Å². The summed E-state index contributed by atoms with van der Waals surface area (Å²) in [5.74, 6) is -0.318. The molecule has 0 unspecified atom stereocenters. The van der Waals surface area contributed by atoms with E-state index in [2.05, 4.69) is 0 Å². The zero-order chi connectivity index (χ0) is 18.1. The fraction of sp³-hybridized carbons (Fsp3) is 0.0417. The van der Waals surface area contributed by atoms with Crippen molar-refractivity contribution >= 4 is 16.6 Å². The Morgan fingerprint density at radius 2 is 1.46 bits per heavy atom. The third-order valence-corrected chi connectivity index (χ3v) is 4.63. The van der Waals surface area contributed by atoms with Crippen molar-refractivity contribution in [2.75, 3.05) is 0 Å². The third kappa shape index (κ3) is 2.91. The zero-order valence-corrected chi connectivity index (χ0v) is 14.4. The summed E-state index contributed by atoms with van der Waals surface area (Å²) in [5.41, 5.74) is 4.05. The predicted molar refractivity (Wildman–Crippen MR) is 104 cm³/mol. The lowest BCUT2D eigenvalue weighted by Gasteiger charge is -2.13. The van der Waals surface area contributed by atoms with Crippen molar-refractivity contribution in [2.24, 2.45) is 0 Å². The maximum absolute atomic E-state index is 13.4. The molecule has 0 radical (unpaired) electrons. The van der Waals surface area contributed by atoms with Gasteiger partial charge in [-0.25, -0.2) is 4.39 Å². The van der Waals surface area contributed by atoms with Gasteiger partial charge in [-0.15, -0.1) is 0 Å². The van der Waals surface area contributed by atoms with E-state index in [0.717, 1.165) is 27.5 Å². The van der Waals surface area contributed by atoms with Crippen molar-refractivity contribution in [3.63, 3.8) is 0 Å². The fourth-order valence-electron chi connectivity index (χ4n) is 3.24. The Morgan fingerprint density at radius 1 is 0.769 bits per heavy atom. The second-order valence-electron chi connectivity index (χ2n) is 6.41. The molecule has 0 aromatic heterocycles. The standard InChI is InChI=1S/C24H17FO/c1-16-6-8-19(9-7-16)24(26)23-21-5-3-2-4-17(21)12-15-22(23)18-10-13-20(25)14-11-18/h2-15H,1H3. The molecule has 0 spiro atoms. The number of halogens is 1. The minimum atomic E-state index is -0.291. The molecule has 126 valence electrons. The van der Waals surface area contributed by atoms with Gasteiger partial charge in [0.15, 0.2) is 5.78 Å². The summed E-state index contributed by atoms with van der Waals surface area (Å²) >= 11 is 0. The molecule has 4 rings (SSSR count). The average Bonchev–Trinajstić information content (AvgIpc) is 2.68. The molecule has 0 heterocycles. The van der Waals surface area contributed by atoms with Gasteiger partial charge >= 0.3 is 0 Å². The van der Waals surface area contributed by atoms with Gasteiger partial charge < -0.3 is 0 Å². The number of carbonyl (C=O) groups is 1. The number of aryl methyl sites for hydroxylation is 1. The van der Waals surface area contributed by atoms with Crippen LogP contribution in [0.5, 0.6) is 0 Å².